The molecule has 0 aliphatic heterocycles. The summed E-state index contributed by atoms with van der Waals surface area (Å²) in [7, 11) is 0. The normalized spacial score (nSPS) is 12.8. The molecular formula is C56H47N3O2. The predicted octanol–water partition coefficient (Wildman–Crippen LogP) is 14.0. The Balaban J connectivity index is 1.22. The van der Waals surface area contributed by atoms with Gasteiger partial charge < -0.3 is 9.52 Å². The van der Waals surface area contributed by atoms with E-state index in [2.05, 4.69) is 148 Å². The molecule has 10 aromatic rings. The monoisotopic (exact) mass is 793 g/mol. The number of hydrogen-bond acceptors (Lipinski definition) is 4. The Morgan fingerprint density at radius 3 is 1.87 bits per heavy atom. The Labute approximate surface area is 356 Å². The molecule has 0 saturated carbocycles. The minimum absolute atomic E-state index is 0.212. The van der Waals surface area contributed by atoms with Crippen LogP contribution >= 0.6 is 0 Å². The fourth-order valence-electron chi connectivity index (χ4n) is 9.02. The standard InChI is InChI=1S/C56H47N3O2/c1-36(2)45-33-42(40-19-9-6-10-20-40)34-46(37(3)4)53(45)59-50-23-13-12-22-49(50)58-55(59)48-32-38(31-47-44-21-11-14-24-51(44)61-54(47)48)35-56(60,52-25-15-16-30-57-52)43-28-26-41(27-29-43)39-17-7-5-8-18-39/h5-34,36-37,60H,35H2,1-4H3. The first-order chi connectivity index (χ1) is 29.8. The van der Waals surface area contributed by atoms with Gasteiger partial charge in [-0.3, -0.25) is 9.55 Å². The number of para-hydroxylation sites is 3. The summed E-state index contributed by atoms with van der Waals surface area (Å²) in [6.45, 7) is 9.11. The van der Waals surface area contributed by atoms with Crippen LogP contribution in [0.4, 0.5) is 0 Å². The van der Waals surface area contributed by atoms with Crippen LogP contribution in [0.2, 0.25) is 0 Å². The second-order valence-electron chi connectivity index (χ2n) is 16.8. The quantitative estimate of drug-likeness (QED) is 0.150. The van der Waals surface area contributed by atoms with Gasteiger partial charge in [-0.05, 0) is 111 Å². The van der Waals surface area contributed by atoms with Gasteiger partial charge in [0, 0.05) is 23.4 Å². The Morgan fingerprint density at radius 2 is 1.20 bits per heavy atom. The van der Waals surface area contributed by atoms with Gasteiger partial charge in [0.1, 0.15) is 22.6 Å². The maximum atomic E-state index is 13.1. The second kappa shape index (κ2) is 15.5. The van der Waals surface area contributed by atoms with E-state index in [0.717, 1.165) is 72.3 Å². The summed E-state index contributed by atoms with van der Waals surface area (Å²) in [6, 6.07) is 60.6. The first-order valence-corrected chi connectivity index (χ1v) is 21.2. The summed E-state index contributed by atoms with van der Waals surface area (Å²) in [5.41, 5.74) is 13.4. The summed E-state index contributed by atoms with van der Waals surface area (Å²) in [5.74, 6) is 1.21. The van der Waals surface area contributed by atoms with Crippen LogP contribution in [0.15, 0.2) is 187 Å². The van der Waals surface area contributed by atoms with Crippen molar-refractivity contribution >= 4 is 33.0 Å². The van der Waals surface area contributed by atoms with Crippen molar-refractivity contribution in [3.63, 3.8) is 0 Å². The lowest BCUT2D eigenvalue weighted by Crippen LogP contribution is -2.31. The fourth-order valence-corrected chi connectivity index (χ4v) is 9.02. The molecule has 61 heavy (non-hydrogen) atoms. The molecule has 10 rings (SSSR count). The molecule has 3 aromatic heterocycles. The summed E-state index contributed by atoms with van der Waals surface area (Å²) in [6.07, 6.45) is 2.01. The van der Waals surface area contributed by atoms with E-state index in [1.807, 2.05) is 60.7 Å². The zero-order valence-corrected chi connectivity index (χ0v) is 34.9. The third-order valence-electron chi connectivity index (χ3n) is 12.1. The average molecular weight is 794 g/mol. The lowest BCUT2D eigenvalue weighted by Gasteiger charge is -2.29. The molecule has 5 nitrogen and oxygen atoms in total. The summed E-state index contributed by atoms with van der Waals surface area (Å²) >= 11 is 0. The molecule has 0 saturated heterocycles. The molecule has 3 heterocycles. The van der Waals surface area contributed by atoms with Gasteiger partial charge in [-0.2, -0.15) is 0 Å². The molecule has 5 heteroatoms. The highest BCUT2D eigenvalue weighted by Gasteiger charge is 2.35. The minimum atomic E-state index is -1.45. The smallest absolute Gasteiger partial charge is 0.149 e. The van der Waals surface area contributed by atoms with Gasteiger partial charge in [-0.1, -0.05) is 149 Å². The van der Waals surface area contributed by atoms with Gasteiger partial charge in [0.05, 0.1) is 28.0 Å². The molecule has 7 aromatic carbocycles. The Hall–Kier alpha value is -7.08. The van der Waals surface area contributed by atoms with Crippen LogP contribution in [0.5, 0.6) is 0 Å². The number of fused-ring (bicyclic) bond motifs is 4. The average Bonchev–Trinajstić information content (AvgIpc) is 3.88. The number of imidazole rings is 1. The minimum Gasteiger partial charge on any atom is -0.455 e. The van der Waals surface area contributed by atoms with E-state index in [1.165, 1.54) is 22.3 Å². The topological polar surface area (TPSA) is 64.1 Å². The number of benzene rings is 7. The van der Waals surface area contributed by atoms with E-state index < -0.39 is 5.60 Å². The molecule has 0 radical (unpaired) electrons. The highest BCUT2D eigenvalue weighted by atomic mass is 16.3. The van der Waals surface area contributed by atoms with E-state index in [0.29, 0.717) is 5.69 Å². The van der Waals surface area contributed by atoms with Gasteiger partial charge in [0.15, 0.2) is 0 Å². The molecule has 298 valence electrons. The third kappa shape index (κ3) is 6.81. The van der Waals surface area contributed by atoms with E-state index in [1.54, 1.807) is 6.20 Å². The maximum absolute atomic E-state index is 13.1. The number of rotatable bonds is 10. The molecule has 0 aliphatic rings. The molecule has 0 bridgehead atoms. The predicted molar refractivity (Wildman–Crippen MR) is 250 cm³/mol. The largest absolute Gasteiger partial charge is 0.455 e. The lowest BCUT2D eigenvalue weighted by molar-refractivity contribution is 0.0765. The number of hydrogen-bond donors (Lipinski definition) is 1. The highest BCUT2D eigenvalue weighted by molar-refractivity contribution is 6.10. The van der Waals surface area contributed by atoms with E-state index in [9.17, 15) is 5.11 Å². The maximum Gasteiger partial charge on any atom is 0.149 e. The van der Waals surface area contributed by atoms with Crippen molar-refractivity contribution in [3.05, 3.63) is 210 Å². The van der Waals surface area contributed by atoms with Gasteiger partial charge in [0.2, 0.25) is 0 Å². The SMILES string of the molecule is CC(C)c1cc(-c2ccccc2)cc(C(C)C)c1-n1c(-c2cc(CC(O)(c3ccc(-c4ccccc4)cc3)c3ccccn3)cc3c2oc2ccccc23)nc2ccccc21. The van der Waals surface area contributed by atoms with Crippen molar-refractivity contribution in [1.29, 1.82) is 0 Å². The van der Waals surface area contributed by atoms with Gasteiger partial charge >= 0.3 is 0 Å². The zero-order chi connectivity index (χ0) is 41.7. The van der Waals surface area contributed by atoms with E-state index >= 15 is 0 Å². The van der Waals surface area contributed by atoms with Crippen LogP contribution in [0, 0.1) is 0 Å². The number of pyridine rings is 1. The molecule has 0 fully saturated rings. The summed E-state index contributed by atoms with van der Waals surface area (Å²) in [4.78, 5) is 10.2. The molecular weight excluding hydrogens is 747 g/mol. The number of aromatic nitrogens is 3. The number of furan rings is 1. The Bertz CT molecular complexity index is 3140. The molecule has 0 spiro atoms. The van der Waals surface area contributed by atoms with Crippen molar-refractivity contribution < 1.29 is 9.52 Å². The Kier molecular flexibility index (Phi) is 9.70. The van der Waals surface area contributed by atoms with Crippen LogP contribution in [-0.4, -0.2) is 19.6 Å². The van der Waals surface area contributed by atoms with Gasteiger partial charge in [-0.25, -0.2) is 4.98 Å². The van der Waals surface area contributed by atoms with Crippen molar-refractivity contribution in [1.82, 2.24) is 14.5 Å². The first kappa shape index (κ1) is 38.1. The number of aliphatic hydroxyl groups is 1. The van der Waals surface area contributed by atoms with Crippen LogP contribution in [-0.2, 0) is 12.0 Å². The van der Waals surface area contributed by atoms with Crippen molar-refractivity contribution in [3.8, 4) is 39.3 Å². The van der Waals surface area contributed by atoms with Crippen LogP contribution in [0.25, 0.3) is 72.3 Å². The van der Waals surface area contributed by atoms with E-state index in [-0.39, 0.29) is 18.3 Å². The van der Waals surface area contributed by atoms with Crippen LogP contribution in [0.1, 0.15) is 67.5 Å². The molecule has 0 amide bonds. The second-order valence-corrected chi connectivity index (χ2v) is 16.8. The summed E-state index contributed by atoms with van der Waals surface area (Å²) < 4.78 is 9.21. The van der Waals surface area contributed by atoms with Crippen molar-refractivity contribution in [2.24, 2.45) is 0 Å². The molecule has 1 unspecified atom stereocenters. The van der Waals surface area contributed by atoms with Gasteiger partial charge in [0.25, 0.3) is 0 Å². The van der Waals surface area contributed by atoms with E-state index in [4.69, 9.17) is 14.4 Å². The number of nitrogens with zero attached hydrogens (tertiary/aromatic N) is 3. The van der Waals surface area contributed by atoms with Crippen molar-refractivity contribution in [2.45, 2.75) is 51.6 Å². The van der Waals surface area contributed by atoms with Crippen LogP contribution in [0.3, 0.4) is 0 Å². The molecule has 1 N–H and O–H groups in total. The lowest BCUT2D eigenvalue weighted by atomic mass is 9.82. The van der Waals surface area contributed by atoms with Crippen LogP contribution < -0.4 is 0 Å². The highest BCUT2D eigenvalue weighted by Crippen LogP contribution is 2.44. The van der Waals surface area contributed by atoms with Gasteiger partial charge in [-0.15, -0.1) is 0 Å². The molecule has 0 aliphatic carbocycles. The van der Waals surface area contributed by atoms with Crippen molar-refractivity contribution in [2.75, 3.05) is 0 Å². The summed E-state index contributed by atoms with van der Waals surface area (Å²) in [5, 5.41) is 15.1. The first-order valence-electron chi connectivity index (χ1n) is 21.2. The zero-order valence-electron chi connectivity index (χ0n) is 34.9. The fraction of sp³-hybridized carbons (Fsp3) is 0.143. The Morgan fingerprint density at radius 1 is 0.590 bits per heavy atom. The third-order valence-corrected chi connectivity index (χ3v) is 12.1. The molecule has 1 atom stereocenters.